The van der Waals surface area contributed by atoms with Crippen LogP contribution in [0.1, 0.15) is 28.2 Å². The van der Waals surface area contributed by atoms with E-state index in [0.29, 0.717) is 0 Å². The first kappa shape index (κ1) is 18.4. The molecule has 1 amide bonds. The van der Waals surface area contributed by atoms with Gasteiger partial charge in [0.1, 0.15) is 0 Å². The van der Waals surface area contributed by atoms with E-state index in [1.54, 1.807) is 11.3 Å². The summed E-state index contributed by atoms with van der Waals surface area (Å²) in [5, 5.41) is 0. The van der Waals surface area contributed by atoms with Crippen LogP contribution in [0.3, 0.4) is 0 Å². The molecule has 0 bridgehead atoms. The Balaban J connectivity index is 1.84. The summed E-state index contributed by atoms with van der Waals surface area (Å²) < 4.78 is 3.16. The highest BCUT2D eigenvalue weighted by atomic mass is 32.1. The third kappa shape index (κ3) is 3.43. The number of rotatable bonds is 3. The first-order valence-corrected chi connectivity index (χ1v) is 10.1. The maximum absolute atomic E-state index is 13.3. The summed E-state index contributed by atoms with van der Waals surface area (Å²) in [6.07, 6.45) is 0. The van der Waals surface area contributed by atoms with E-state index < -0.39 is 5.92 Å². The number of aromatic nitrogens is 1. The van der Waals surface area contributed by atoms with E-state index in [-0.39, 0.29) is 5.91 Å². The lowest BCUT2D eigenvalue weighted by atomic mass is 9.91. The second kappa shape index (κ2) is 7.56. The van der Waals surface area contributed by atoms with Gasteiger partial charge < -0.3 is 4.57 Å². The summed E-state index contributed by atoms with van der Waals surface area (Å²) in [6.45, 7) is 4.21. The molecule has 0 aliphatic heterocycles. The van der Waals surface area contributed by atoms with Crippen LogP contribution in [0.15, 0.2) is 77.8 Å². The van der Waals surface area contributed by atoms with Crippen molar-refractivity contribution < 1.29 is 4.79 Å². The SMILES string of the molecule is Cc1cc2sc(=NC(=O)C(c3ccccc3)c3ccccc3)n(C)c2cc1C. The van der Waals surface area contributed by atoms with Crippen LogP contribution < -0.4 is 4.80 Å². The topological polar surface area (TPSA) is 34.4 Å². The molecule has 0 saturated carbocycles. The fourth-order valence-electron chi connectivity index (χ4n) is 3.41. The van der Waals surface area contributed by atoms with E-state index in [4.69, 9.17) is 0 Å². The highest BCUT2D eigenvalue weighted by Gasteiger charge is 2.22. The van der Waals surface area contributed by atoms with Crippen molar-refractivity contribution in [2.24, 2.45) is 12.0 Å². The average Bonchev–Trinajstić information content (AvgIpc) is 2.99. The molecule has 0 saturated heterocycles. The molecule has 0 atom stereocenters. The Morgan fingerprint density at radius 1 is 0.893 bits per heavy atom. The molecule has 140 valence electrons. The maximum Gasteiger partial charge on any atom is 0.260 e. The summed E-state index contributed by atoms with van der Waals surface area (Å²) >= 11 is 1.56. The van der Waals surface area contributed by atoms with Crippen LogP contribution in [0.5, 0.6) is 0 Å². The number of benzene rings is 3. The largest absolute Gasteiger partial charge is 0.319 e. The predicted molar refractivity (Wildman–Crippen MR) is 116 cm³/mol. The molecule has 0 spiro atoms. The van der Waals surface area contributed by atoms with Crippen molar-refractivity contribution in [1.82, 2.24) is 4.57 Å². The van der Waals surface area contributed by atoms with Crippen molar-refractivity contribution in [3.05, 3.63) is 99.9 Å². The quantitative estimate of drug-likeness (QED) is 0.481. The lowest BCUT2D eigenvalue weighted by Crippen LogP contribution is -2.18. The minimum atomic E-state index is -0.406. The van der Waals surface area contributed by atoms with Gasteiger partial charge in [-0.1, -0.05) is 72.0 Å². The molecule has 0 radical (unpaired) electrons. The van der Waals surface area contributed by atoms with E-state index in [1.165, 1.54) is 11.1 Å². The number of aryl methyl sites for hydroxylation is 3. The van der Waals surface area contributed by atoms with Crippen molar-refractivity contribution >= 4 is 27.5 Å². The van der Waals surface area contributed by atoms with E-state index in [1.807, 2.05) is 72.3 Å². The predicted octanol–water partition coefficient (Wildman–Crippen LogP) is 5.12. The monoisotopic (exact) mass is 386 g/mol. The minimum absolute atomic E-state index is 0.145. The van der Waals surface area contributed by atoms with Crippen molar-refractivity contribution in [2.45, 2.75) is 19.8 Å². The summed E-state index contributed by atoms with van der Waals surface area (Å²) in [6, 6.07) is 24.1. The van der Waals surface area contributed by atoms with Gasteiger partial charge in [0.25, 0.3) is 5.91 Å². The van der Waals surface area contributed by atoms with E-state index >= 15 is 0 Å². The number of amides is 1. The van der Waals surface area contributed by atoms with E-state index in [0.717, 1.165) is 26.1 Å². The molecule has 0 unspecified atom stereocenters. The van der Waals surface area contributed by atoms with Gasteiger partial charge in [-0.2, -0.15) is 4.99 Å². The van der Waals surface area contributed by atoms with Gasteiger partial charge in [-0.15, -0.1) is 0 Å². The molecule has 3 nitrogen and oxygen atoms in total. The van der Waals surface area contributed by atoms with Crippen molar-refractivity contribution in [3.8, 4) is 0 Å². The normalized spacial score (nSPS) is 12.1. The smallest absolute Gasteiger partial charge is 0.260 e. The first-order valence-electron chi connectivity index (χ1n) is 9.30. The number of carbonyl (C=O) groups is 1. The molecule has 0 fully saturated rings. The van der Waals surface area contributed by atoms with E-state index in [9.17, 15) is 4.79 Å². The van der Waals surface area contributed by atoms with Crippen LogP contribution in [-0.2, 0) is 11.8 Å². The molecule has 4 aromatic rings. The molecule has 0 aliphatic rings. The molecule has 28 heavy (non-hydrogen) atoms. The Hall–Kier alpha value is -2.98. The zero-order valence-corrected chi connectivity index (χ0v) is 17.0. The lowest BCUT2D eigenvalue weighted by Gasteiger charge is -2.14. The van der Waals surface area contributed by atoms with Gasteiger partial charge in [0.05, 0.1) is 16.1 Å². The molecule has 3 aromatic carbocycles. The van der Waals surface area contributed by atoms with Crippen LogP contribution in [0.4, 0.5) is 0 Å². The second-order valence-electron chi connectivity index (χ2n) is 7.05. The highest BCUT2D eigenvalue weighted by molar-refractivity contribution is 7.16. The summed E-state index contributed by atoms with van der Waals surface area (Å²) in [4.78, 5) is 18.6. The molecule has 0 N–H and O–H groups in total. The second-order valence-corrected chi connectivity index (χ2v) is 8.06. The average molecular weight is 387 g/mol. The molecule has 1 heterocycles. The Morgan fingerprint density at radius 2 is 1.43 bits per heavy atom. The maximum atomic E-state index is 13.3. The van der Waals surface area contributed by atoms with Crippen LogP contribution >= 0.6 is 11.3 Å². The summed E-state index contributed by atoms with van der Waals surface area (Å²) in [5.41, 5.74) is 5.51. The van der Waals surface area contributed by atoms with Crippen molar-refractivity contribution in [3.63, 3.8) is 0 Å². The number of carbonyl (C=O) groups excluding carboxylic acids is 1. The van der Waals surface area contributed by atoms with Gasteiger partial charge in [0, 0.05) is 7.05 Å². The fraction of sp³-hybridized carbons (Fsp3) is 0.167. The minimum Gasteiger partial charge on any atom is -0.319 e. The Kier molecular flexibility index (Phi) is 4.97. The number of thiazole rings is 1. The number of fused-ring (bicyclic) bond motifs is 1. The van der Waals surface area contributed by atoms with E-state index in [2.05, 4.69) is 31.0 Å². The zero-order chi connectivity index (χ0) is 19.7. The van der Waals surface area contributed by atoms with Gasteiger partial charge in [0.2, 0.25) is 0 Å². The van der Waals surface area contributed by atoms with Crippen LogP contribution in [0.2, 0.25) is 0 Å². The number of hydrogen-bond donors (Lipinski definition) is 0. The fourth-order valence-corrected chi connectivity index (χ4v) is 4.52. The summed E-state index contributed by atoms with van der Waals surface area (Å²) in [5.74, 6) is -0.552. The summed E-state index contributed by atoms with van der Waals surface area (Å²) in [7, 11) is 1.97. The molecule has 0 aliphatic carbocycles. The van der Waals surface area contributed by atoms with Crippen LogP contribution in [0, 0.1) is 13.8 Å². The Morgan fingerprint density at radius 3 is 2.00 bits per heavy atom. The lowest BCUT2D eigenvalue weighted by molar-refractivity contribution is -0.118. The standard InChI is InChI=1S/C24H22N2OS/c1-16-14-20-21(15-17(16)2)28-24(26(20)3)25-23(27)22(18-10-6-4-7-11-18)19-12-8-5-9-13-19/h4-15,22H,1-3H3. The molecule has 4 heteroatoms. The molecule has 4 rings (SSSR count). The van der Waals surface area contributed by atoms with Gasteiger partial charge in [-0.25, -0.2) is 0 Å². The first-order chi connectivity index (χ1) is 13.5. The number of hydrogen-bond acceptors (Lipinski definition) is 2. The highest BCUT2D eigenvalue weighted by Crippen LogP contribution is 2.26. The van der Waals surface area contributed by atoms with Crippen molar-refractivity contribution in [1.29, 1.82) is 0 Å². The van der Waals surface area contributed by atoms with Gasteiger partial charge in [-0.05, 0) is 48.2 Å². The van der Waals surface area contributed by atoms with Crippen molar-refractivity contribution in [2.75, 3.05) is 0 Å². The van der Waals surface area contributed by atoms with Crippen LogP contribution in [-0.4, -0.2) is 10.5 Å². The molecule has 1 aromatic heterocycles. The third-order valence-electron chi connectivity index (χ3n) is 5.14. The van der Waals surface area contributed by atoms with Gasteiger partial charge in [-0.3, -0.25) is 4.79 Å². The molecular weight excluding hydrogens is 364 g/mol. The Labute approximate surface area is 168 Å². The third-order valence-corrected chi connectivity index (χ3v) is 6.24. The van der Waals surface area contributed by atoms with Crippen LogP contribution in [0.25, 0.3) is 10.2 Å². The van der Waals surface area contributed by atoms with Gasteiger partial charge >= 0.3 is 0 Å². The van der Waals surface area contributed by atoms with Gasteiger partial charge in [0.15, 0.2) is 4.80 Å². The number of nitrogens with zero attached hydrogens (tertiary/aromatic N) is 2. The molecular formula is C24H22N2OS. The zero-order valence-electron chi connectivity index (χ0n) is 16.2. The Bertz CT molecular complexity index is 1160.